The predicted molar refractivity (Wildman–Crippen MR) is 99.5 cm³/mol. The van der Waals surface area contributed by atoms with E-state index in [-0.39, 0.29) is 11.3 Å². The molecule has 0 spiro atoms. The van der Waals surface area contributed by atoms with E-state index in [1.54, 1.807) is 6.92 Å². The first-order chi connectivity index (χ1) is 11.2. The molecule has 0 saturated heterocycles. The lowest BCUT2D eigenvalue weighted by molar-refractivity contribution is -0.122. The third-order valence-corrected chi connectivity index (χ3v) is 4.04. The maximum atomic E-state index is 12.3. The molecule has 0 bridgehead atoms. The van der Waals surface area contributed by atoms with Crippen LogP contribution in [0, 0.1) is 6.92 Å². The van der Waals surface area contributed by atoms with Crippen molar-refractivity contribution in [2.24, 2.45) is 0 Å². The number of amides is 1. The molecule has 0 aliphatic rings. The molecular weight excluding hydrogens is 300 g/mol. The second kappa shape index (κ2) is 6.95. The van der Waals surface area contributed by atoms with Crippen molar-refractivity contribution in [2.45, 2.75) is 46.1 Å². The highest BCUT2D eigenvalue weighted by Gasteiger charge is 2.17. The van der Waals surface area contributed by atoms with Gasteiger partial charge in [0, 0.05) is 11.4 Å². The van der Waals surface area contributed by atoms with Crippen LogP contribution in [0.25, 0.3) is 0 Å². The zero-order valence-electron chi connectivity index (χ0n) is 15.0. The summed E-state index contributed by atoms with van der Waals surface area (Å²) in [5, 5.41) is 2.86. The Bertz CT molecular complexity index is 715. The molecule has 0 aliphatic heterocycles. The van der Waals surface area contributed by atoms with E-state index >= 15 is 0 Å². The van der Waals surface area contributed by atoms with Crippen LogP contribution in [0.3, 0.4) is 0 Å². The fourth-order valence-corrected chi connectivity index (χ4v) is 2.31. The van der Waals surface area contributed by atoms with Gasteiger partial charge in [-0.2, -0.15) is 0 Å². The normalized spacial score (nSPS) is 12.5. The number of hydrogen-bond donors (Lipinski definition) is 2. The molecule has 0 aliphatic carbocycles. The van der Waals surface area contributed by atoms with Crippen molar-refractivity contribution < 1.29 is 9.53 Å². The predicted octanol–water partition coefficient (Wildman–Crippen LogP) is 4.28. The molecule has 0 saturated carbocycles. The molecule has 4 heteroatoms. The number of ether oxygens (including phenoxy) is 1. The molecule has 128 valence electrons. The van der Waals surface area contributed by atoms with E-state index in [1.807, 2.05) is 49.4 Å². The smallest absolute Gasteiger partial charge is 0.265 e. The van der Waals surface area contributed by atoms with Crippen molar-refractivity contribution in [1.29, 1.82) is 0 Å². The summed E-state index contributed by atoms with van der Waals surface area (Å²) in [6.45, 7) is 10.1. The molecule has 0 aromatic heterocycles. The molecule has 2 rings (SSSR count). The Morgan fingerprint density at radius 2 is 1.75 bits per heavy atom. The number of benzene rings is 2. The molecule has 0 radical (unpaired) electrons. The zero-order chi connectivity index (χ0) is 17.9. The largest absolute Gasteiger partial charge is 0.481 e. The number of nitrogen functional groups attached to an aromatic ring is 1. The summed E-state index contributed by atoms with van der Waals surface area (Å²) in [4.78, 5) is 12.3. The average molecular weight is 326 g/mol. The fraction of sp³-hybridized carbons (Fsp3) is 0.350. The average Bonchev–Trinajstić information content (AvgIpc) is 2.51. The molecular formula is C20H26N2O2. The number of rotatable bonds is 4. The SMILES string of the molecule is Cc1c(N)cccc1NC(=O)[C@H](C)Oc1ccc(C(C)(C)C)cc1. The topological polar surface area (TPSA) is 64.3 Å². The molecule has 0 unspecified atom stereocenters. The molecule has 1 atom stereocenters. The Morgan fingerprint density at radius 3 is 2.33 bits per heavy atom. The maximum absolute atomic E-state index is 12.3. The summed E-state index contributed by atoms with van der Waals surface area (Å²) < 4.78 is 5.74. The number of hydrogen-bond acceptors (Lipinski definition) is 3. The van der Waals surface area contributed by atoms with Crippen LogP contribution in [0.1, 0.15) is 38.8 Å². The second-order valence-corrected chi connectivity index (χ2v) is 7.04. The van der Waals surface area contributed by atoms with E-state index in [4.69, 9.17) is 10.5 Å². The lowest BCUT2D eigenvalue weighted by Crippen LogP contribution is -2.30. The van der Waals surface area contributed by atoms with Crippen LogP contribution in [0.15, 0.2) is 42.5 Å². The maximum Gasteiger partial charge on any atom is 0.265 e. The molecule has 24 heavy (non-hydrogen) atoms. The first kappa shape index (κ1) is 17.9. The van der Waals surface area contributed by atoms with Crippen LogP contribution in [0.2, 0.25) is 0 Å². The summed E-state index contributed by atoms with van der Waals surface area (Å²) in [7, 11) is 0. The van der Waals surface area contributed by atoms with Gasteiger partial charge in [0.2, 0.25) is 0 Å². The van der Waals surface area contributed by atoms with Gasteiger partial charge in [0.15, 0.2) is 6.10 Å². The van der Waals surface area contributed by atoms with E-state index < -0.39 is 6.10 Å². The molecule has 2 aromatic rings. The van der Waals surface area contributed by atoms with Crippen molar-refractivity contribution in [2.75, 3.05) is 11.1 Å². The van der Waals surface area contributed by atoms with Gasteiger partial charge in [-0.15, -0.1) is 0 Å². The van der Waals surface area contributed by atoms with Crippen LogP contribution in [-0.2, 0) is 10.2 Å². The van der Waals surface area contributed by atoms with Gasteiger partial charge >= 0.3 is 0 Å². The highest BCUT2D eigenvalue weighted by Crippen LogP contribution is 2.25. The number of anilines is 2. The fourth-order valence-electron chi connectivity index (χ4n) is 2.31. The van der Waals surface area contributed by atoms with Crippen molar-refractivity contribution in [1.82, 2.24) is 0 Å². The van der Waals surface area contributed by atoms with E-state index in [1.165, 1.54) is 5.56 Å². The number of carbonyl (C=O) groups is 1. The Balaban J connectivity index is 2.02. The molecule has 0 fully saturated rings. The quantitative estimate of drug-likeness (QED) is 0.824. The molecule has 2 aromatic carbocycles. The van der Waals surface area contributed by atoms with Crippen LogP contribution < -0.4 is 15.8 Å². The Labute approximate surface area is 144 Å². The Kier molecular flexibility index (Phi) is 5.17. The van der Waals surface area contributed by atoms with E-state index in [9.17, 15) is 4.79 Å². The van der Waals surface area contributed by atoms with Gasteiger partial charge in [0.1, 0.15) is 5.75 Å². The van der Waals surface area contributed by atoms with Gasteiger partial charge in [-0.3, -0.25) is 4.79 Å². The van der Waals surface area contributed by atoms with E-state index in [2.05, 4.69) is 26.1 Å². The summed E-state index contributed by atoms with van der Waals surface area (Å²) in [5.41, 5.74) is 9.39. The molecule has 4 nitrogen and oxygen atoms in total. The Morgan fingerprint density at radius 1 is 1.12 bits per heavy atom. The molecule has 0 heterocycles. The van der Waals surface area contributed by atoms with E-state index in [0.717, 1.165) is 5.56 Å². The minimum Gasteiger partial charge on any atom is -0.481 e. The number of nitrogens with one attached hydrogen (secondary N) is 1. The Hall–Kier alpha value is -2.49. The van der Waals surface area contributed by atoms with Crippen molar-refractivity contribution >= 4 is 17.3 Å². The third kappa shape index (κ3) is 4.28. The van der Waals surface area contributed by atoms with Crippen LogP contribution >= 0.6 is 0 Å². The standard InChI is InChI=1S/C20H26N2O2/c1-13-17(21)7-6-8-18(13)22-19(23)14(2)24-16-11-9-15(10-12-16)20(3,4)5/h6-12,14H,21H2,1-5H3,(H,22,23)/t14-/m0/s1. The first-order valence-electron chi connectivity index (χ1n) is 8.11. The number of carbonyl (C=O) groups excluding carboxylic acids is 1. The molecule has 1 amide bonds. The minimum absolute atomic E-state index is 0.0896. The highest BCUT2D eigenvalue weighted by atomic mass is 16.5. The van der Waals surface area contributed by atoms with Crippen LogP contribution in [0.4, 0.5) is 11.4 Å². The van der Waals surface area contributed by atoms with Crippen LogP contribution in [-0.4, -0.2) is 12.0 Å². The molecule has 3 N–H and O–H groups in total. The van der Waals surface area contributed by atoms with Gasteiger partial charge in [0.25, 0.3) is 5.91 Å². The third-order valence-electron chi connectivity index (χ3n) is 4.04. The minimum atomic E-state index is -0.605. The lowest BCUT2D eigenvalue weighted by Gasteiger charge is -2.20. The highest BCUT2D eigenvalue weighted by molar-refractivity contribution is 5.95. The summed E-state index contributed by atoms with van der Waals surface area (Å²) >= 11 is 0. The lowest BCUT2D eigenvalue weighted by atomic mass is 9.87. The van der Waals surface area contributed by atoms with E-state index in [0.29, 0.717) is 17.1 Å². The summed E-state index contributed by atoms with van der Waals surface area (Å²) in [6, 6.07) is 13.3. The summed E-state index contributed by atoms with van der Waals surface area (Å²) in [5.74, 6) is 0.471. The van der Waals surface area contributed by atoms with Gasteiger partial charge in [-0.05, 0) is 54.7 Å². The monoisotopic (exact) mass is 326 g/mol. The van der Waals surface area contributed by atoms with Gasteiger partial charge in [-0.25, -0.2) is 0 Å². The van der Waals surface area contributed by atoms with Gasteiger partial charge in [0.05, 0.1) is 0 Å². The zero-order valence-corrected chi connectivity index (χ0v) is 15.0. The van der Waals surface area contributed by atoms with Crippen molar-refractivity contribution in [3.8, 4) is 5.75 Å². The van der Waals surface area contributed by atoms with Crippen molar-refractivity contribution in [3.63, 3.8) is 0 Å². The van der Waals surface area contributed by atoms with Crippen molar-refractivity contribution in [3.05, 3.63) is 53.6 Å². The first-order valence-corrected chi connectivity index (χ1v) is 8.11. The van der Waals surface area contributed by atoms with Gasteiger partial charge in [-0.1, -0.05) is 39.0 Å². The summed E-state index contributed by atoms with van der Waals surface area (Å²) in [6.07, 6.45) is -0.605. The number of nitrogens with two attached hydrogens (primary N) is 1. The van der Waals surface area contributed by atoms with Gasteiger partial charge < -0.3 is 15.8 Å². The second-order valence-electron chi connectivity index (χ2n) is 7.04. The van der Waals surface area contributed by atoms with Crippen LogP contribution in [0.5, 0.6) is 5.75 Å².